The number of carboxylic acid groups (broad SMARTS) is 1. The molecule has 2 aliphatic rings. The molecule has 7 amide bonds. The van der Waals surface area contributed by atoms with Crippen LogP contribution < -0.4 is 37.2 Å². The van der Waals surface area contributed by atoms with Crippen LogP contribution in [0, 0.1) is 0 Å². The quantitative estimate of drug-likeness (QED) is 0.0419. The van der Waals surface area contributed by atoms with E-state index in [1.807, 2.05) is 78.9 Å². The van der Waals surface area contributed by atoms with E-state index in [1.54, 1.807) is 65.4 Å². The molecule has 5 atom stereocenters. The second-order valence-electron chi connectivity index (χ2n) is 20.5. The van der Waals surface area contributed by atoms with Gasteiger partial charge in [0.25, 0.3) is 0 Å². The van der Waals surface area contributed by atoms with Gasteiger partial charge in [-0.15, -0.1) is 0 Å². The van der Waals surface area contributed by atoms with Gasteiger partial charge in [0.1, 0.15) is 50.2 Å². The van der Waals surface area contributed by atoms with Crippen LogP contribution in [0.15, 0.2) is 146 Å². The fraction of sp³-hybridized carbons (Fsp3) is 0.339. The van der Waals surface area contributed by atoms with Crippen molar-refractivity contribution in [1.29, 1.82) is 0 Å². The Morgan fingerprint density at radius 3 is 1.94 bits per heavy atom. The van der Waals surface area contributed by atoms with Gasteiger partial charge in [0.05, 0.1) is 25.0 Å². The Hall–Kier alpha value is -9.08. The highest BCUT2D eigenvalue weighted by molar-refractivity contribution is 6.30. The number of imidazole rings is 1. The molecule has 2 heterocycles. The highest BCUT2D eigenvalue weighted by Gasteiger charge is 2.35. The van der Waals surface area contributed by atoms with E-state index in [-0.39, 0.29) is 83.9 Å². The van der Waals surface area contributed by atoms with Gasteiger partial charge in [-0.2, -0.15) is 0 Å². The molecule has 1 saturated heterocycles. The maximum atomic E-state index is 14.8. The summed E-state index contributed by atoms with van der Waals surface area (Å²) in [4.78, 5) is 115. The number of hydrogen-bond acceptors (Lipinski definition) is 12. The molecule has 84 heavy (non-hydrogen) atoms. The monoisotopic (exact) mass is 1170 g/mol. The summed E-state index contributed by atoms with van der Waals surface area (Å²) >= 11 is 5.99. The minimum absolute atomic E-state index is 0.00143. The van der Waals surface area contributed by atoms with Crippen LogP contribution in [0.1, 0.15) is 84.4 Å². The molecule has 1 fully saturated rings. The maximum absolute atomic E-state index is 14.8. The number of unbranched alkanes of at least 4 members (excludes halogenated alkanes) is 1. The van der Waals surface area contributed by atoms with E-state index in [9.17, 15) is 43.5 Å². The summed E-state index contributed by atoms with van der Waals surface area (Å²) in [6.45, 7) is 0.505. The molecule has 0 saturated carbocycles. The number of halogens is 1. The number of alkyl carbamates (subject to hydrolysis) is 2. The number of aromatic nitrogens is 2. The number of carboxylic acids is 1. The Morgan fingerprint density at radius 2 is 1.25 bits per heavy atom. The lowest BCUT2D eigenvalue weighted by Crippen LogP contribution is -2.59. The van der Waals surface area contributed by atoms with Gasteiger partial charge >= 0.3 is 18.2 Å². The number of nitrogens with one attached hydrogen (secondary N) is 7. The van der Waals surface area contributed by atoms with Crippen molar-refractivity contribution in [2.75, 3.05) is 19.7 Å². The van der Waals surface area contributed by atoms with E-state index < -0.39 is 84.3 Å². The molecule has 440 valence electrons. The topological polar surface area (TPSA) is 287 Å². The standard InChI is InChI=1S/C62H68ClN9O12/c63-43-27-25-42(26-28-43)36-83-61(80)65-30-14-12-23-50-56(74)68-52(31-40-15-3-1-4-16-40)58(76)69-53(32-44-34-72(38-66-44)39-82-35-41-17-5-2-6-18-41)59(77)70-54(60(78)79)33-55(73)64-29-13-11-24-51(57(75)67-50)71-62(81)84-37-49-47-21-9-7-19-45(47)46-20-8-10-22-48(46)49/h1-10,15-22,25-28,34,38,49-54H,11-14,23-24,29-33,35-37,39H2,(H,64,73)(H,65,80)(H,67,75)(H,68,74)(H,69,76)(H,70,77)(H,71,81)(H,78,79)/t50-,51-,52-,53-,54-/m0/s1. The van der Waals surface area contributed by atoms with E-state index in [4.69, 9.17) is 25.8 Å². The first-order valence-electron chi connectivity index (χ1n) is 27.9. The van der Waals surface area contributed by atoms with E-state index in [2.05, 4.69) is 42.2 Å². The highest BCUT2D eigenvalue weighted by atomic mass is 35.5. The first-order valence-corrected chi connectivity index (χ1v) is 28.3. The number of aliphatic carboxylic acids is 1. The summed E-state index contributed by atoms with van der Waals surface area (Å²) in [7, 11) is 0. The van der Waals surface area contributed by atoms with Gasteiger partial charge in [-0.3, -0.25) is 24.0 Å². The molecule has 6 aromatic rings. The Morgan fingerprint density at radius 1 is 0.643 bits per heavy atom. The van der Waals surface area contributed by atoms with Crippen LogP contribution in [0.25, 0.3) is 11.1 Å². The van der Waals surface area contributed by atoms with E-state index in [1.165, 1.54) is 6.33 Å². The van der Waals surface area contributed by atoms with Gasteiger partial charge in [0, 0.05) is 43.1 Å². The lowest BCUT2D eigenvalue weighted by molar-refractivity contribution is -0.144. The number of fused-ring (bicyclic) bond motifs is 3. The van der Waals surface area contributed by atoms with Crippen molar-refractivity contribution in [3.05, 3.63) is 185 Å². The van der Waals surface area contributed by atoms with Gasteiger partial charge < -0.3 is 61.1 Å². The fourth-order valence-electron chi connectivity index (χ4n) is 9.92. The summed E-state index contributed by atoms with van der Waals surface area (Å²) < 4.78 is 18.7. The molecule has 22 heteroatoms. The molecule has 21 nitrogen and oxygen atoms in total. The van der Waals surface area contributed by atoms with Crippen LogP contribution in [-0.2, 0) is 75.8 Å². The smallest absolute Gasteiger partial charge is 0.407 e. The number of carbonyl (C=O) groups is 8. The predicted molar refractivity (Wildman–Crippen MR) is 310 cm³/mol. The number of rotatable bonds is 19. The Kier molecular flexibility index (Phi) is 22.4. The summed E-state index contributed by atoms with van der Waals surface area (Å²) in [6, 6.07) is 33.5. The van der Waals surface area contributed by atoms with Crippen LogP contribution >= 0.6 is 11.6 Å². The molecule has 0 bridgehead atoms. The van der Waals surface area contributed by atoms with Gasteiger partial charge in [-0.05, 0) is 89.6 Å². The van der Waals surface area contributed by atoms with Crippen molar-refractivity contribution < 1.29 is 57.7 Å². The first-order chi connectivity index (χ1) is 40.8. The van der Waals surface area contributed by atoms with Crippen molar-refractivity contribution in [3.8, 4) is 11.1 Å². The molecule has 8 rings (SSSR count). The Labute approximate surface area is 491 Å². The van der Waals surface area contributed by atoms with Crippen LogP contribution in [-0.4, -0.2) is 112 Å². The van der Waals surface area contributed by atoms with Crippen molar-refractivity contribution in [1.82, 2.24) is 46.8 Å². The second kappa shape index (κ2) is 30.8. The lowest BCUT2D eigenvalue weighted by Gasteiger charge is -2.27. The first kappa shape index (κ1) is 61.0. The number of benzene rings is 5. The van der Waals surface area contributed by atoms with Crippen molar-refractivity contribution in [2.24, 2.45) is 0 Å². The lowest BCUT2D eigenvalue weighted by atomic mass is 9.98. The average Bonchev–Trinajstić information content (AvgIpc) is 4.13. The average molecular weight is 1170 g/mol. The van der Waals surface area contributed by atoms with E-state index in [0.717, 1.165) is 33.4 Å². The van der Waals surface area contributed by atoms with Crippen molar-refractivity contribution >= 4 is 59.3 Å². The number of hydrogen-bond donors (Lipinski definition) is 8. The molecular weight excluding hydrogens is 1100 g/mol. The van der Waals surface area contributed by atoms with Gasteiger partial charge in [0.2, 0.25) is 29.5 Å². The number of nitrogens with zero attached hydrogens (tertiary/aromatic N) is 2. The zero-order chi connectivity index (χ0) is 59.2. The Balaban J connectivity index is 1.03. The number of amides is 7. The third-order valence-electron chi connectivity index (χ3n) is 14.3. The van der Waals surface area contributed by atoms with E-state index >= 15 is 0 Å². The molecule has 0 unspecified atom stereocenters. The molecule has 1 aromatic heterocycles. The van der Waals surface area contributed by atoms with Crippen molar-refractivity contribution in [3.63, 3.8) is 0 Å². The summed E-state index contributed by atoms with van der Waals surface area (Å²) in [6.07, 6.45) is 1.57. The van der Waals surface area contributed by atoms with Crippen LogP contribution in [0.5, 0.6) is 0 Å². The zero-order valence-corrected chi connectivity index (χ0v) is 46.9. The summed E-state index contributed by atoms with van der Waals surface area (Å²) in [5.41, 5.74) is 6.60. The van der Waals surface area contributed by atoms with Gasteiger partial charge in [-0.25, -0.2) is 19.4 Å². The van der Waals surface area contributed by atoms with Gasteiger partial charge in [0.15, 0.2) is 0 Å². The molecule has 5 aromatic carbocycles. The molecule has 0 radical (unpaired) electrons. The minimum Gasteiger partial charge on any atom is -0.480 e. The SMILES string of the molecule is O=C1C[C@@H](C(=O)O)NC(=O)[C@H](Cc2cn(COCc3ccccc3)cn2)NC(=O)[C@H](Cc2ccccc2)NC(=O)[C@H](CCCCNC(=O)OCc2ccc(Cl)cc2)NC(=O)[C@@H](NC(=O)OCC2c3ccccc3-c3ccccc32)CCCCN1. The van der Waals surface area contributed by atoms with Gasteiger partial charge in [-0.1, -0.05) is 133 Å². The van der Waals surface area contributed by atoms with Crippen LogP contribution in [0.3, 0.4) is 0 Å². The van der Waals surface area contributed by atoms with Crippen molar-refractivity contribution in [2.45, 2.75) is 114 Å². The number of carbonyl (C=O) groups excluding carboxylic acids is 7. The molecule has 1 aliphatic heterocycles. The normalized spacial score (nSPS) is 19.0. The third kappa shape index (κ3) is 18.2. The van der Waals surface area contributed by atoms with Crippen LogP contribution in [0.4, 0.5) is 9.59 Å². The Bertz CT molecular complexity index is 3170. The molecular formula is C62H68ClN9O12. The molecule has 0 spiro atoms. The largest absolute Gasteiger partial charge is 0.480 e. The second-order valence-corrected chi connectivity index (χ2v) is 21.0. The summed E-state index contributed by atoms with van der Waals surface area (Å²) in [5.74, 6) is -5.82. The van der Waals surface area contributed by atoms with Crippen LogP contribution in [0.2, 0.25) is 5.02 Å². The minimum atomic E-state index is -1.73. The predicted octanol–water partition coefficient (Wildman–Crippen LogP) is 6.21. The molecule has 8 N–H and O–H groups in total. The third-order valence-corrected chi connectivity index (χ3v) is 14.6. The highest BCUT2D eigenvalue weighted by Crippen LogP contribution is 2.44. The van der Waals surface area contributed by atoms with E-state index in [0.29, 0.717) is 29.3 Å². The zero-order valence-electron chi connectivity index (χ0n) is 46.1. The fourth-order valence-corrected chi connectivity index (χ4v) is 10.0. The molecule has 1 aliphatic carbocycles. The number of ether oxygens (including phenoxy) is 3. The summed E-state index contributed by atoms with van der Waals surface area (Å²) in [5, 5.41) is 29.7. The maximum Gasteiger partial charge on any atom is 0.407 e.